The maximum absolute atomic E-state index is 12.0. The number of ketones is 1. The minimum atomic E-state index is -0.900. The molecule has 0 saturated heterocycles. The van der Waals surface area contributed by atoms with Gasteiger partial charge in [-0.15, -0.1) is 0 Å². The third-order valence-corrected chi connectivity index (χ3v) is 3.63. The number of amides is 1. The van der Waals surface area contributed by atoms with Crippen molar-refractivity contribution in [1.82, 2.24) is 0 Å². The van der Waals surface area contributed by atoms with Crippen LogP contribution in [0.15, 0.2) is 18.2 Å². The lowest BCUT2D eigenvalue weighted by Crippen LogP contribution is -2.27. The summed E-state index contributed by atoms with van der Waals surface area (Å²) in [5.41, 5.74) is 1.43. The van der Waals surface area contributed by atoms with Crippen LogP contribution >= 0.6 is 0 Å². The van der Waals surface area contributed by atoms with E-state index >= 15 is 0 Å². The highest BCUT2D eigenvalue weighted by atomic mass is 16.4. The Morgan fingerprint density at radius 2 is 1.95 bits per heavy atom. The highest BCUT2D eigenvalue weighted by Gasteiger charge is 2.38. The molecule has 2 N–H and O–H groups in total. The van der Waals surface area contributed by atoms with Crippen molar-refractivity contribution in [3.8, 4) is 0 Å². The number of hydrogen-bond donors (Lipinski definition) is 2. The molecule has 1 aromatic rings. The van der Waals surface area contributed by atoms with Gasteiger partial charge in [-0.25, -0.2) is 0 Å². The lowest BCUT2D eigenvalue weighted by atomic mass is 9.85. The fourth-order valence-electron chi connectivity index (χ4n) is 2.29. The van der Waals surface area contributed by atoms with Crippen LogP contribution in [0.1, 0.15) is 49.0 Å². The quantitative estimate of drug-likeness (QED) is 0.808. The Labute approximate surface area is 117 Å². The van der Waals surface area contributed by atoms with Crippen LogP contribution in [0.5, 0.6) is 0 Å². The first-order valence-corrected chi connectivity index (χ1v) is 6.53. The van der Waals surface area contributed by atoms with Crippen molar-refractivity contribution in [3.05, 3.63) is 29.3 Å². The molecule has 1 heterocycles. The minimum absolute atomic E-state index is 0.0117. The topological polar surface area (TPSA) is 83.5 Å². The molecule has 0 atom stereocenters. The molecule has 0 aliphatic carbocycles. The summed E-state index contributed by atoms with van der Waals surface area (Å²) in [7, 11) is 0. The maximum Gasteiger partial charge on any atom is 0.303 e. The van der Waals surface area contributed by atoms with Crippen molar-refractivity contribution < 1.29 is 19.5 Å². The van der Waals surface area contributed by atoms with Gasteiger partial charge >= 0.3 is 5.97 Å². The van der Waals surface area contributed by atoms with Crippen LogP contribution in [0.3, 0.4) is 0 Å². The van der Waals surface area contributed by atoms with Gasteiger partial charge in [0.1, 0.15) is 0 Å². The Kier molecular flexibility index (Phi) is 3.61. The van der Waals surface area contributed by atoms with Gasteiger partial charge < -0.3 is 10.4 Å². The number of Topliss-reactive ketones (excluding diaryl/α,β-unsaturated/α-hetero) is 1. The minimum Gasteiger partial charge on any atom is -0.481 e. The molecular formula is C15H17NO4. The average Bonchev–Trinajstić information content (AvgIpc) is 2.59. The number of carboxylic acid groups (broad SMARTS) is 1. The molecule has 1 aromatic carbocycles. The number of anilines is 1. The first-order valence-electron chi connectivity index (χ1n) is 6.53. The van der Waals surface area contributed by atoms with Crippen LogP contribution in [-0.4, -0.2) is 22.8 Å². The highest BCUT2D eigenvalue weighted by molar-refractivity contribution is 6.07. The number of nitrogens with one attached hydrogen (secondary N) is 1. The van der Waals surface area contributed by atoms with Crippen molar-refractivity contribution in [2.24, 2.45) is 0 Å². The summed E-state index contributed by atoms with van der Waals surface area (Å²) in [5.74, 6) is -1.07. The number of carbonyl (C=O) groups excluding carboxylic acids is 2. The molecule has 1 aliphatic heterocycles. The molecule has 0 bridgehead atoms. The lowest BCUT2D eigenvalue weighted by molar-refractivity contribution is -0.137. The summed E-state index contributed by atoms with van der Waals surface area (Å²) >= 11 is 0. The van der Waals surface area contributed by atoms with E-state index in [1.54, 1.807) is 18.2 Å². The zero-order chi connectivity index (χ0) is 14.9. The second-order valence-electron chi connectivity index (χ2n) is 5.51. The van der Waals surface area contributed by atoms with Crippen molar-refractivity contribution >= 4 is 23.3 Å². The molecular weight excluding hydrogens is 258 g/mol. The smallest absolute Gasteiger partial charge is 0.303 e. The monoisotopic (exact) mass is 275 g/mol. The van der Waals surface area contributed by atoms with Crippen LogP contribution in [-0.2, 0) is 15.0 Å². The first-order chi connectivity index (χ1) is 9.32. The van der Waals surface area contributed by atoms with E-state index < -0.39 is 11.4 Å². The van der Waals surface area contributed by atoms with Gasteiger partial charge in [0.05, 0.1) is 5.41 Å². The largest absolute Gasteiger partial charge is 0.481 e. The van der Waals surface area contributed by atoms with Gasteiger partial charge in [-0.1, -0.05) is 0 Å². The Bertz CT molecular complexity index is 590. The van der Waals surface area contributed by atoms with Crippen molar-refractivity contribution in [3.63, 3.8) is 0 Å². The number of benzene rings is 1. The zero-order valence-electron chi connectivity index (χ0n) is 11.5. The molecule has 106 valence electrons. The summed E-state index contributed by atoms with van der Waals surface area (Å²) in [6.45, 7) is 3.62. The fourth-order valence-corrected chi connectivity index (χ4v) is 2.29. The lowest BCUT2D eigenvalue weighted by Gasteiger charge is -2.15. The zero-order valence-corrected chi connectivity index (χ0v) is 11.5. The Balaban J connectivity index is 2.16. The number of fused-ring (bicyclic) bond motifs is 1. The fraction of sp³-hybridized carbons (Fsp3) is 0.400. The van der Waals surface area contributed by atoms with Gasteiger partial charge in [0.2, 0.25) is 5.91 Å². The second-order valence-corrected chi connectivity index (χ2v) is 5.51. The third-order valence-electron chi connectivity index (χ3n) is 3.63. The predicted octanol–water partition coefficient (Wildman–Crippen LogP) is 2.35. The van der Waals surface area contributed by atoms with Crippen LogP contribution in [0, 0.1) is 0 Å². The van der Waals surface area contributed by atoms with Gasteiger partial charge in [-0.2, -0.15) is 0 Å². The van der Waals surface area contributed by atoms with Crippen molar-refractivity contribution in [1.29, 1.82) is 0 Å². The third kappa shape index (κ3) is 2.57. The van der Waals surface area contributed by atoms with Gasteiger partial charge in [0.25, 0.3) is 0 Å². The van der Waals surface area contributed by atoms with Crippen LogP contribution in [0.2, 0.25) is 0 Å². The molecule has 2 rings (SSSR count). The van der Waals surface area contributed by atoms with E-state index in [-0.39, 0.29) is 24.5 Å². The molecule has 1 amide bonds. The molecule has 1 aliphatic rings. The summed E-state index contributed by atoms with van der Waals surface area (Å²) in [5, 5.41) is 11.3. The Hall–Kier alpha value is -2.17. The number of aliphatic carboxylic acids is 1. The van der Waals surface area contributed by atoms with Gasteiger partial charge in [-0.05, 0) is 44.0 Å². The summed E-state index contributed by atoms with van der Waals surface area (Å²) in [6, 6.07) is 5.13. The van der Waals surface area contributed by atoms with E-state index in [0.717, 1.165) is 11.3 Å². The number of hydrogen-bond acceptors (Lipinski definition) is 3. The molecule has 0 saturated carbocycles. The van der Waals surface area contributed by atoms with Crippen molar-refractivity contribution in [2.45, 2.75) is 38.5 Å². The van der Waals surface area contributed by atoms with E-state index in [1.807, 2.05) is 13.8 Å². The first kappa shape index (κ1) is 14.2. The SMILES string of the molecule is CC1(C)C(=O)Nc2ccc(C(=O)CCCC(=O)O)cc21. The van der Waals surface area contributed by atoms with E-state index in [0.29, 0.717) is 12.0 Å². The molecule has 0 fully saturated rings. The standard InChI is InChI=1S/C15H17NO4/c1-15(2)10-8-9(6-7-11(10)16-14(15)20)12(17)4-3-5-13(18)19/h6-8H,3-5H2,1-2H3,(H,16,20)(H,18,19). The number of rotatable bonds is 5. The molecule has 0 radical (unpaired) electrons. The molecule has 0 spiro atoms. The van der Waals surface area contributed by atoms with E-state index in [1.165, 1.54) is 0 Å². The molecule has 5 heteroatoms. The van der Waals surface area contributed by atoms with E-state index in [2.05, 4.69) is 5.32 Å². The molecule has 0 unspecified atom stereocenters. The van der Waals surface area contributed by atoms with Crippen LogP contribution < -0.4 is 5.32 Å². The second kappa shape index (κ2) is 5.07. The van der Waals surface area contributed by atoms with Crippen LogP contribution in [0.4, 0.5) is 5.69 Å². The Morgan fingerprint density at radius 3 is 2.60 bits per heavy atom. The van der Waals surface area contributed by atoms with Gasteiger partial charge in [-0.3, -0.25) is 14.4 Å². The molecule has 0 aromatic heterocycles. The normalized spacial score (nSPS) is 15.6. The number of carbonyl (C=O) groups is 3. The predicted molar refractivity (Wildman–Crippen MR) is 73.9 cm³/mol. The van der Waals surface area contributed by atoms with E-state index in [9.17, 15) is 14.4 Å². The maximum atomic E-state index is 12.0. The summed E-state index contributed by atoms with van der Waals surface area (Å²) in [6.07, 6.45) is 0.515. The molecule has 5 nitrogen and oxygen atoms in total. The average molecular weight is 275 g/mol. The highest BCUT2D eigenvalue weighted by Crippen LogP contribution is 2.37. The van der Waals surface area contributed by atoms with Gasteiger partial charge in [0, 0.05) is 24.1 Å². The number of carboxylic acids is 1. The van der Waals surface area contributed by atoms with E-state index in [4.69, 9.17) is 5.11 Å². The summed E-state index contributed by atoms with van der Waals surface area (Å²) < 4.78 is 0. The van der Waals surface area contributed by atoms with Crippen molar-refractivity contribution in [2.75, 3.05) is 5.32 Å². The van der Waals surface area contributed by atoms with Gasteiger partial charge in [0.15, 0.2) is 5.78 Å². The molecule has 20 heavy (non-hydrogen) atoms. The van der Waals surface area contributed by atoms with Crippen LogP contribution in [0.25, 0.3) is 0 Å². The summed E-state index contributed by atoms with van der Waals surface area (Å²) in [4.78, 5) is 34.3. The Morgan fingerprint density at radius 1 is 1.25 bits per heavy atom.